The molecule has 12 nitrogen and oxygen atoms in total. The molecule has 0 bridgehead atoms. The van der Waals surface area contributed by atoms with Gasteiger partial charge in [-0.25, -0.2) is 27.5 Å². The first-order chi connectivity index (χ1) is 23.0. The van der Waals surface area contributed by atoms with Gasteiger partial charge in [0.2, 0.25) is 16.2 Å². The SMILES string of the molecule is O=C(Cc1ccc(N2CC(F)(F)C2)nc1)Nc1nnc([C@H]2CCC[C@H](c3nnc(NC(O)Cc4ccc(N5CC(F)(F)C5)nc4)s3)C2)s1. The summed E-state index contributed by atoms with van der Waals surface area (Å²) < 4.78 is 52.5. The Morgan fingerprint density at radius 3 is 1.92 bits per heavy atom. The number of aromatic nitrogens is 6. The fraction of sp³-hybridized carbons (Fsp3) is 0.500. The molecule has 18 heteroatoms. The Hall–Kier alpha value is -4.03. The van der Waals surface area contributed by atoms with Crippen LogP contribution < -0.4 is 20.4 Å². The van der Waals surface area contributed by atoms with Crippen molar-refractivity contribution in [1.82, 2.24) is 30.4 Å². The number of amides is 1. The smallest absolute Gasteiger partial charge is 0.282 e. The molecule has 48 heavy (non-hydrogen) atoms. The lowest BCUT2D eigenvalue weighted by Gasteiger charge is -2.39. The first kappa shape index (κ1) is 32.5. The van der Waals surface area contributed by atoms with Crippen LogP contribution in [-0.4, -0.2) is 85.6 Å². The standard InChI is InChI=1S/C30H32F4N10O2S2/c31-29(32)13-43(14-29)21-6-4-17(11-35-21)8-23(45)37-27-41-39-25(47-27)19-2-1-3-20(10-19)26-40-42-28(48-26)38-24(46)9-18-5-7-22(36-12-18)44-15-30(33,34)16-44/h4-7,11-12,19-20,23,45H,1-3,8-10,13-16H2,(H,37,41)(H,38,42,46)/t19-,20-,23?/m0/s1. The lowest BCUT2D eigenvalue weighted by molar-refractivity contribution is -0.115. The van der Waals surface area contributed by atoms with Gasteiger partial charge in [-0.2, -0.15) is 0 Å². The summed E-state index contributed by atoms with van der Waals surface area (Å²) >= 11 is 2.74. The van der Waals surface area contributed by atoms with Gasteiger partial charge in [-0.15, -0.1) is 20.4 Å². The van der Waals surface area contributed by atoms with Crippen LogP contribution in [0.3, 0.4) is 0 Å². The molecule has 2 saturated heterocycles. The normalized spacial score (nSPS) is 22.0. The van der Waals surface area contributed by atoms with Crippen LogP contribution in [0.5, 0.6) is 0 Å². The van der Waals surface area contributed by atoms with Crippen LogP contribution in [-0.2, 0) is 17.6 Å². The Morgan fingerprint density at radius 1 is 0.833 bits per heavy atom. The third-order valence-electron chi connectivity index (χ3n) is 8.54. The number of anilines is 4. The van der Waals surface area contributed by atoms with Gasteiger partial charge < -0.3 is 25.5 Å². The molecule has 0 spiro atoms. The average Bonchev–Trinajstić information content (AvgIpc) is 3.69. The van der Waals surface area contributed by atoms with E-state index in [1.54, 1.807) is 30.5 Å². The maximum atomic E-state index is 13.1. The molecule has 6 heterocycles. The van der Waals surface area contributed by atoms with E-state index in [2.05, 4.69) is 41.0 Å². The van der Waals surface area contributed by atoms with Crippen molar-refractivity contribution in [1.29, 1.82) is 0 Å². The molecule has 2 aliphatic heterocycles. The van der Waals surface area contributed by atoms with Crippen LogP contribution in [0.2, 0.25) is 0 Å². The second-order valence-corrected chi connectivity index (χ2v) is 14.5. The van der Waals surface area contributed by atoms with Gasteiger partial charge in [0, 0.05) is 30.7 Å². The number of aliphatic hydroxyl groups excluding tert-OH is 1. The number of nitrogens with one attached hydrogen (secondary N) is 2. The van der Waals surface area contributed by atoms with E-state index < -0.39 is 18.1 Å². The monoisotopic (exact) mass is 704 g/mol. The van der Waals surface area contributed by atoms with Gasteiger partial charge in [-0.1, -0.05) is 41.2 Å². The predicted molar refractivity (Wildman–Crippen MR) is 172 cm³/mol. The van der Waals surface area contributed by atoms with Crippen LogP contribution >= 0.6 is 22.7 Å². The highest BCUT2D eigenvalue weighted by molar-refractivity contribution is 7.15. The highest BCUT2D eigenvalue weighted by atomic mass is 32.1. The number of aliphatic hydroxyl groups is 1. The highest BCUT2D eigenvalue weighted by Gasteiger charge is 2.45. The second kappa shape index (κ2) is 13.1. The van der Waals surface area contributed by atoms with E-state index >= 15 is 0 Å². The minimum absolute atomic E-state index is 0.0671. The molecule has 1 aliphatic carbocycles. The number of hydrogen-bond acceptors (Lipinski definition) is 13. The van der Waals surface area contributed by atoms with Crippen molar-refractivity contribution in [2.75, 3.05) is 46.6 Å². The van der Waals surface area contributed by atoms with Crippen molar-refractivity contribution in [3.8, 4) is 0 Å². The summed E-state index contributed by atoms with van der Waals surface area (Å²) in [5, 5.41) is 36.2. The Morgan fingerprint density at radius 2 is 1.38 bits per heavy atom. The van der Waals surface area contributed by atoms with E-state index in [4.69, 9.17) is 0 Å². The lowest BCUT2D eigenvalue weighted by Crippen LogP contribution is -2.56. The van der Waals surface area contributed by atoms with Crippen LogP contribution in [0, 0.1) is 0 Å². The molecular formula is C30H32F4N10O2S2. The molecular weight excluding hydrogens is 673 g/mol. The molecule has 0 aromatic carbocycles. The average molecular weight is 705 g/mol. The van der Waals surface area contributed by atoms with Crippen molar-refractivity contribution in [3.05, 3.63) is 57.8 Å². The Balaban J connectivity index is 0.875. The van der Waals surface area contributed by atoms with Gasteiger partial charge in [-0.05, 0) is 42.5 Å². The quantitative estimate of drug-likeness (QED) is 0.148. The molecule has 3 aliphatic rings. The van der Waals surface area contributed by atoms with Gasteiger partial charge in [0.05, 0.1) is 32.6 Å². The molecule has 4 aromatic heterocycles. The molecule has 1 saturated carbocycles. The van der Waals surface area contributed by atoms with E-state index in [9.17, 15) is 27.5 Å². The third kappa shape index (κ3) is 7.65. The van der Waals surface area contributed by atoms with E-state index in [0.29, 0.717) is 27.5 Å². The summed E-state index contributed by atoms with van der Waals surface area (Å²) in [6, 6.07) is 6.79. The molecule has 3 atom stereocenters. The Labute approximate surface area is 280 Å². The first-order valence-corrected chi connectivity index (χ1v) is 17.2. The van der Waals surface area contributed by atoms with Crippen molar-refractivity contribution >= 4 is 50.5 Å². The lowest BCUT2D eigenvalue weighted by atomic mass is 9.82. The summed E-state index contributed by atoms with van der Waals surface area (Å²) in [7, 11) is 0. The molecule has 1 unspecified atom stereocenters. The minimum Gasteiger partial charge on any atom is -0.373 e. The second-order valence-electron chi connectivity index (χ2n) is 12.5. The van der Waals surface area contributed by atoms with Crippen molar-refractivity contribution < 1.29 is 27.5 Å². The zero-order valence-electron chi connectivity index (χ0n) is 25.5. The van der Waals surface area contributed by atoms with E-state index in [1.807, 2.05) is 0 Å². The summed E-state index contributed by atoms with van der Waals surface area (Å²) in [6.07, 6.45) is 6.15. The Bertz CT molecular complexity index is 1720. The number of carbonyl (C=O) groups is 1. The van der Waals surface area contributed by atoms with Crippen molar-refractivity contribution in [3.63, 3.8) is 0 Å². The van der Waals surface area contributed by atoms with Crippen molar-refractivity contribution in [2.24, 2.45) is 0 Å². The number of halogens is 4. The number of alkyl halides is 4. The largest absolute Gasteiger partial charge is 0.373 e. The predicted octanol–water partition coefficient (Wildman–Crippen LogP) is 4.69. The fourth-order valence-corrected chi connectivity index (χ4v) is 7.94. The van der Waals surface area contributed by atoms with Crippen molar-refractivity contribution in [2.45, 2.75) is 68.4 Å². The molecule has 3 N–H and O–H groups in total. The molecule has 3 fully saturated rings. The van der Waals surface area contributed by atoms with Gasteiger partial charge in [-0.3, -0.25) is 4.79 Å². The topological polar surface area (TPSA) is 145 Å². The van der Waals surface area contributed by atoms with E-state index in [-0.39, 0.29) is 56.8 Å². The van der Waals surface area contributed by atoms with Crippen LogP contribution in [0.1, 0.15) is 58.7 Å². The minimum atomic E-state index is -2.68. The summed E-state index contributed by atoms with van der Waals surface area (Å²) in [4.78, 5) is 24.1. The zero-order valence-corrected chi connectivity index (χ0v) is 27.2. The number of hydrogen-bond donors (Lipinski definition) is 3. The molecule has 254 valence electrons. The third-order valence-corrected chi connectivity index (χ3v) is 10.6. The molecule has 7 rings (SSSR count). The Kier molecular flexibility index (Phi) is 8.88. The summed E-state index contributed by atoms with van der Waals surface area (Å²) in [6.45, 7) is -1.38. The fourth-order valence-electron chi connectivity index (χ4n) is 6.09. The maximum absolute atomic E-state index is 13.1. The van der Waals surface area contributed by atoms with Crippen LogP contribution in [0.15, 0.2) is 36.7 Å². The zero-order chi connectivity index (χ0) is 33.5. The van der Waals surface area contributed by atoms with Crippen LogP contribution in [0.25, 0.3) is 0 Å². The molecule has 1 amide bonds. The maximum Gasteiger partial charge on any atom is 0.282 e. The molecule has 4 aromatic rings. The van der Waals surface area contributed by atoms with Gasteiger partial charge >= 0.3 is 0 Å². The number of rotatable bonds is 11. The van der Waals surface area contributed by atoms with Gasteiger partial charge in [0.1, 0.15) is 27.9 Å². The number of pyridine rings is 2. The first-order valence-electron chi connectivity index (χ1n) is 15.5. The van der Waals surface area contributed by atoms with Crippen LogP contribution in [0.4, 0.5) is 39.5 Å². The van der Waals surface area contributed by atoms with E-state index in [1.165, 1.54) is 38.7 Å². The van der Waals surface area contributed by atoms with Gasteiger partial charge in [0.25, 0.3) is 11.8 Å². The number of carbonyl (C=O) groups excluding carboxylic acids is 1. The molecule has 0 radical (unpaired) electrons. The van der Waals surface area contributed by atoms with E-state index in [0.717, 1.165) is 41.3 Å². The number of nitrogens with zero attached hydrogens (tertiary/aromatic N) is 8. The highest BCUT2D eigenvalue weighted by Crippen LogP contribution is 2.43. The summed E-state index contributed by atoms with van der Waals surface area (Å²) in [5.74, 6) is -4.35. The van der Waals surface area contributed by atoms with Gasteiger partial charge in [0.15, 0.2) is 0 Å². The summed E-state index contributed by atoms with van der Waals surface area (Å²) in [5.41, 5.74) is 1.41.